The van der Waals surface area contributed by atoms with Gasteiger partial charge in [0.2, 0.25) is 5.91 Å². The minimum atomic E-state index is -0.348. The largest absolute Gasteiger partial charge is 0.494 e. The third-order valence-electron chi connectivity index (χ3n) is 4.63. The van der Waals surface area contributed by atoms with Crippen LogP contribution in [0.3, 0.4) is 0 Å². The van der Waals surface area contributed by atoms with E-state index >= 15 is 0 Å². The Hall–Kier alpha value is -3.28. The van der Waals surface area contributed by atoms with Crippen molar-refractivity contribution in [3.63, 3.8) is 0 Å². The summed E-state index contributed by atoms with van der Waals surface area (Å²) in [5.74, 6) is 1.29. The van der Waals surface area contributed by atoms with Crippen molar-refractivity contribution in [1.29, 1.82) is 0 Å². The zero-order valence-corrected chi connectivity index (χ0v) is 16.5. The monoisotopic (exact) mass is 394 g/mol. The van der Waals surface area contributed by atoms with E-state index in [0.29, 0.717) is 25.2 Å². The van der Waals surface area contributed by atoms with Crippen molar-refractivity contribution in [2.75, 3.05) is 6.61 Å². The third kappa shape index (κ3) is 6.38. The molecule has 2 N–H and O–H groups in total. The first kappa shape index (κ1) is 20.5. The second-order valence-electron chi connectivity index (χ2n) is 6.86. The number of ether oxygens (including phenoxy) is 2. The number of hydrazine groups is 1. The molecule has 1 aliphatic rings. The highest BCUT2D eigenvalue weighted by atomic mass is 16.5. The van der Waals surface area contributed by atoms with Crippen LogP contribution < -0.4 is 20.3 Å². The lowest BCUT2D eigenvalue weighted by atomic mass is 10.1. The molecule has 0 bridgehead atoms. The SMILES string of the molecule is CCOc1ccc(OCc2ccc(C(=O)NNC(=O)C[C@@H]3C=CCC3)cc2)cc1. The van der Waals surface area contributed by atoms with E-state index in [1.807, 2.05) is 43.3 Å². The molecule has 0 aromatic heterocycles. The molecule has 0 radical (unpaired) electrons. The van der Waals surface area contributed by atoms with Crippen LogP contribution in [-0.4, -0.2) is 18.4 Å². The second kappa shape index (κ2) is 10.3. The lowest BCUT2D eigenvalue weighted by Crippen LogP contribution is -2.42. The van der Waals surface area contributed by atoms with Crippen LogP contribution in [0.25, 0.3) is 0 Å². The van der Waals surface area contributed by atoms with Gasteiger partial charge in [0.05, 0.1) is 6.61 Å². The van der Waals surface area contributed by atoms with Crippen molar-refractivity contribution in [2.45, 2.75) is 32.8 Å². The van der Waals surface area contributed by atoms with Crippen molar-refractivity contribution in [3.8, 4) is 11.5 Å². The Morgan fingerprint density at radius 1 is 0.966 bits per heavy atom. The molecule has 2 aromatic carbocycles. The van der Waals surface area contributed by atoms with E-state index in [1.165, 1.54) is 0 Å². The predicted octanol–water partition coefficient (Wildman–Crippen LogP) is 3.78. The fourth-order valence-electron chi connectivity index (χ4n) is 3.07. The van der Waals surface area contributed by atoms with E-state index in [9.17, 15) is 9.59 Å². The number of carbonyl (C=O) groups excluding carboxylic acids is 2. The number of hydrogen-bond donors (Lipinski definition) is 2. The van der Waals surface area contributed by atoms with Gasteiger partial charge in [0.1, 0.15) is 18.1 Å². The topological polar surface area (TPSA) is 76.7 Å². The van der Waals surface area contributed by atoms with E-state index in [-0.39, 0.29) is 17.7 Å². The Bertz CT molecular complexity index is 844. The molecule has 0 fully saturated rings. The number of nitrogens with one attached hydrogen (secondary N) is 2. The van der Waals surface area contributed by atoms with Crippen LogP contribution in [0.1, 0.15) is 42.1 Å². The molecule has 0 aliphatic heterocycles. The molecule has 29 heavy (non-hydrogen) atoms. The van der Waals surface area contributed by atoms with Crippen molar-refractivity contribution >= 4 is 11.8 Å². The molecule has 3 rings (SSSR count). The van der Waals surface area contributed by atoms with Gasteiger partial charge in [0.15, 0.2) is 0 Å². The molecule has 152 valence electrons. The van der Waals surface area contributed by atoms with E-state index < -0.39 is 0 Å². The summed E-state index contributed by atoms with van der Waals surface area (Å²) in [7, 11) is 0. The summed E-state index contributed by atoms with van der Waals surface area (Å²) in [5, 5.41) is 0. The smallest absolute Gasteiger partial charge is 0.269 e. The predicted molar refractivity (Wildman–Crippen MR) is 110 cm³/mol. The van der Waals surface area contributed by atoms with Gasteiger partial charge in [-0.2, -0.15) is 0 Å². The van der Waals surface area contributed by atoms with Gasteiger partial charge < -0.3 is 9.47 Å². The van der Waals surface area contributed by atoms with Crippen molar-refractivity contribution in [1.82, 2.24) is 10.9 Å². The quantitative estimate of drug-likeness (QED) is 0.528. The molecule has 0 unspecified atom stereocenters. The maximum Gasteiger partial charge on any atom is 0.269 e. The molecule has 1 aliphatic carbocycles. The lowest BCUT2D eigenvalue weighted by Gasteiger charge is -2.11. The average molecular weight is 394 g/mol. The fraction of sp³-hybridized carbons (Fsp3) is 0.304. The normalized spacial score (nSPS) is 15.0. The zero-order chi connectivity index (χ0) is 20.5. The lowest BCUT2D eigenvalue weighted by molar-refractivity contribution is -0.122. The zero-order valence-electron chi connectivity index (χ0n) is 16.5. The van der Waals surface area contributed by atoms with Gasteiger partial charge in [0.25, 0.3) is 5.91 Å². The molecule has 0 spiro atoms. The van der Waals surface area contributed by atoms with Crippen LogP contribution in [0.2, 0.25) is 0 Å². The van der Waals surface area contributed by atoms with Crippen LogP contribution in [0, 0.1) is 5.92 Å². The molecule has 0 saturated heterocycles. The molecule has 0 heterocycles. The van der Waals surface area contributed by atoms with Crippen molar-refractivity contribution < 1.29 is 19.1 Å². The van der Waals surface area contributed by atoms with Crippen LogP contribution in [0.5, 0.6) is 11.5 Å². The van der Waals surface area contributed by atoms with Gasteiger partial charge in [-0.3, -0.25) is 20.4 Å². The Labute approximate surface area is 170 Å². The summed E-state index contributed by atoms with van der Waals surface area (Å²) in [6.45, 7) is 2.96. The molecule has 1 atom stereocenters. The first-order chi connectivity index (χ1) is 14.1. The van der Waals surface area contributed by atoms with Gasteiger partial charge in [-0.25, -0.2) is 0 Å². The maximum atomic E-state index is 12.2. The summed E-state index contributed by atoms with van der Waals surface area (Å²) < 4.78 is 11.2. The highest BCUT2D eigenvalue weighted by Crippen LogP contribution is 2.20. The average Bonchev–Trinajstić information content (AvgIpc) is 3.25. The molecule has 2 aromatic rings. The Morgan fingerprint density at radius 2 is 1.66 bits per heavy atom. The van der Waals surface area contributed by atoms with Gasteiger partial charge >= 0.3 is 0 Å². The summed E-state index contributed by atoms with van der Waals surface area (Å²) in [4.78, 5) is 24.1. The molecule has 6 heteroatoms. The van der Waals surface area contributed by atoms with Crippen LogP contribution in [-0.2, 0) is 11.4 Å². The van der Waals surface area contributed by atoms with Crippen LogP contribution >= 0.6 is 0 Å². The van der Waals surface area contributed by atoms with E-state index in [2.05, 4.69) is 23.0 Å². The van der Waals surface area contributed by atoms with E-state index in [4.69, 9.17) is 9.47 Å². The van der Waals surface area contributed by atoms with E-state index in [0.717, 1.165) is 29.9 Å². The van der Waals surface area contributed by atoms with Crippen molar-refractivity contribution in [3.05, 3.63) is 71.8 Å². The van der Waals surface area contributed by atoms with Crippen molar-refractivity contribution in [2.24, 2.45) is 5.92 Å². The second-order valence-corrected chi connectivity index (χ2v) is 6.86. The number of carbonyl (C=O) groups is 2. The first-order valence-electron chi connectivity index (χ1n) is 9.84. The minimum absolute atomic E-state index is 0.185. The van der Waals surface area contributed by atoms with Gasteiger partial charge in [-0.1, -0.05) is 24.3 Å². The number of hydrogen-bond acceptors (Lipinski definition) is 4. The minimum Gasteiger partial charge on any atom is -0.494 e. The third-order valence-corrected chi connectivity index (χ3v) is 4.63. The number of rotatable bonds is 8. The van der Waals surface area contributed by atoms with Gasteiger partial charge in [-0.15, -0.1) is 0 Å². The summed E-state index contributed by atoms with van der Waals surface area (Å²) in [6.07, 6.45) is 6.52. The Morgan fingerprint density at radius 3 is 2.28 bits per heavy atom. The molecular formula is C23H26N2O4. The van der Waals surface area contributed by atoms with Crippen LogP contribution in [0.4, 0.5) is 0 Å². The molecular weight excluding hydrogens is 368 g/mol. The number of benzene rings is 2. The number of allylic oxidation sites excluding steroid dienone is 2. The number of amides is 2. The molecule has 6 nitrogen and oxygen atoms in total. The first-order valence-corrected chi connectivity index (χ1v) is 9.84. The van der Waals surface area contributed by atoms with Crippen LogP contribution in [0.15, 0.2) is 60.7 Å². The van der Waals surface area contributed by atoms with E-state index in [1.54, 1.807) is 12.1 Å². The fourth-order valence-corrected chi connectivity index (χ4v) is 3.07. The molecule has 0 saturated carbocycles. The summed E-state index contributed by atoms with van der Waals surface area (Å²) >= 11 is 0. The molecule has 2 amide bonds. The Balaban J connectivity index is 1.43. The van der Waals surface area contributed by atoms with Gasteiger partial charge in [-0.05, 0) is 67.6 Å². The summed E-state index contributed by atoms with van der Waals surface area (Å²) in [6, 6.07) is 14.5. The van der Waals surface area contributed by atoms with Gasteiger partial charge in [0, 0.05) is 12.0 Å². The Kier molecular flexibility index (Phi) is 7.28. The maximum absolute atomic E-state index is 12.2. The standard InChI is InChI=1S/C23H26N2O4/c1-2-28-20-11-13-21(14-12-20)29-16-18-7-9-19(10-8-18)23(27)25-24-22(26)15-17-5-3-4-6-17/h3,5,7-14,17H,2,4,6,15-16H2,1H3,(H,24,26)(H,25,27)/t17-/m1/s1. The summed E-state index contributed by atoms with van der Waals surface area (Å²) in [5.41, 5.74) is 6.34. The highest BCUT2D eigenvalue weighted by Gasteiger charge is 2.14. The highest BCUT2D eigenvalue weighted by molar-refractivity contribution is 5.95.